The molecule has 0 spiro atoms. The predicted molar refractivity (Wildman–Crippen MR) is 93.7 cm³/mol. The number of alkyl halides is 2. The van der Waals surface area contributed by atoms with Gasteiger partial charge in [0.15, 0.2) is 11.5 Å². The zero-order valence-electron chi connectivity index (χ0n) is 14.1. The molecule has 0 radical (unpaired) electrons. The lowest BCUT2D eigenvalue weighted by atomic mass is 10.0. The minimum atomic E-state index is -2.87. The van der Waals surface area contributed by atoms with Crippen molar-refractivity contribution in [1.29, 1.82) is 0 Å². The molecule has 0 aliphatic heterocycles. The molecule has 132 valence electrons. The van der Waals surface area contributed by atoms with Crippen LogP contribution in [0, 0.1) is 5.92 Å². The van der Waals surface area contributed by atoms with Crippen molar-refractivity contribution in [1.82, 2.24) is 4.98 Å². The van der Waals surface area contributed by atoms with E-state index in [4.69, 9.17) is 4.74 Å². The van der Waals surface area contributed by atoms with Crippen molar-refractivity contribution in [3.8, 4) is 11.5 Å². The van der Waals surface area contributed by atoms with Gasteiger partial charge in [0.25, 0.3) is 0 Å². The van der Waals surface area contributed by atoms with Crippen LogP contribution in [0.15, 0.2) is 42.7 Å². The molecule has 3 nitrogen and oxygen atoms in total. The van der Waals surface area contributed by atoms with E-state index in [-0.39, 0.29) is 5.75 Å². The SMILES string of the molecule is CC/C(=C\c1ccc(OC(F)F)c(OCC2CC2)c1)c1ccncc1. The smallest absolute Gasteiger partial charge is 0.387 e. The van der Waals surface area contributed by atoms with Crippen LogP contribution in [0.5, 0.6) is 11.5 Å². The number of allylic oxidation sites excluding steroid dienone is 1. The second kappa shape index (κ2) is 8.10. The molecule has 25 heavy (non-hydrogen) atoms. The Morgan fingerprint density at radius 2 is 1.96 bits per heavy atom. The highest BCUT2D eigenvalue weighted by molar-refractivity contribution is 5.81. The van der Waals surface area contributed by atoms with Gasteiger partial charge in [-0.3, -0.25) is 4.98 Å². The second-order valence-electron chi connectivity index (χ2n) is 6.10. The molecule has 0 amide bonds. The quantitative estimate of drug-likeness (QED) is 0.640. The molecule has 1 aromatic carbocycles. The van der Waals surface area contributed by atoms with E-state index < -0.39 is 6.61 Å². The Hall–Kier alpha value is -2.43. The first kappa shape index (κ1) is 17.4. The zero-order valence-corrected chi connectivity index (χ0v) is 14.1. The molecule has 0 unspecified atom stereocenters. The fourth-order valence-corrected chi connectivity index (χ4v) is 2.57. The summed E-state index contributed by atoms with van der Waals surface area (Å²) < 4.78 is 35.5. The molecule has 1 aliphatic rings. The maximum absolute atomic E-state index is 12.6. The summed E-state index contributed by atoms with van der Waals surface area (Å²) in [6.45, 7) is -0.254. The molecule has 2 aromatic rings. The molecule has 0 N–H and O–H groups in total. The van der Waals surface area contributed by atoms with Gasteiger partial charge in [0, 0.05) is 12.4 Å². The van der Waals surface area contributed by atoms with Crippen molar-refractivity contribution >= 4 is 11.6 Å². The third kappa shape index (κ3) is 5.02. The molecular weight excluding hydrogens is 324 g/mol. The summed E-state index contributed by atoms with van der Waals surface area (Å²) in [6.07, 6.45) is 8.65. The van der Waals surface area contributed by atoms with E-state index in [0.717, 1.165) is 36.0 Å². The zero-order chi connectivity index (χ0) is 17.6. The molecule has 3 rings (SSSR count). The number of ether oxygens (including phenoxy) is 2. The van der Waals surface area contributed by atoms with Gasteiger partial charge in [-0.1, -0.05) is 19.1 Å². The summed E-state index contributed by atoms with van der Waals surface area (Å²) in [6, 6.07) is 8.97. The lowest BCUT2D eigenvalue weighted by molar-refractivity contribution is -0.0515. The van der Waals surface area contributed by atoms with Crippen molar-refractivity contribution in [2.24, 2.45) is 5.92 Å². The highest BCUT2D eigenvalue weighted by atomic mass is 19.3. The van der Waals surface area contributed by atoms with Gasteiger partial charge in [0.2, 0.25) is 0 Å². The lowest BCUT2D eigenvalue weighted by Crippen LogP contribution is -2.06. The number of hydrogen-bond donors (Lipinski definition) is 0. The summed E-state index contributed by atoms with van der Waals surface area (Å²) in [5.41, 5.74) is 3.12. The van der Waals surface area contributed by atoms with Gasteiger partial charge < -0.3 is 9.47 Å². The Morgan fingerprint density at radius 1 is 1.20 bits per heavy atom. The number of rotatable bonds is 8. The first-order valence-corrected chi connectivity index (χ1v) is 8.48. The summed E-state index contributed by atoms with van der Waals surface area (Å²) in [7, 11) is 0. The summed E-state index contributed by atoms with van der Waals surface area (Å²) >= 11 is 0. The molecule has 1 aliphatic carbocycles. The molecule has 5 heteroatoms. The molecular formula is C20H21F2NO2. The van der Waals surface area contributed by atoms with Gasteiger partial charge in [-0.25, -0.2) is 0 Å². The molecule has 0 saturated heterocycles. The van der Waals surface area contributed by atoms with Gasteiger partial charge in [0.1, 0.15) is 0 Å². The van der Waals surface area contributed by atoms with Crippen LogP contribution in [0.3, 0.4) is 0 Å². The number of halogens is 2. The maximum Gasteiger partial charge on any atom is 0.387 e. The topological polar surface area (TPSA) is 31.4 Å². The second-order valence-corrected chi connectivity index (χ2v) is 6.10. The Morgan fingerprint density at radius 3 is 2.60 bits per heavy atom. The van der Waals surface area contributed by atoms with E-state index in [0.29, 0.717) is 18.3 Å². The van der Waals surface area contributed by atoms with Gasteiger partial charge in [-0.05, 0) is 66.1 Å². The van der Waals surface area contributed by atoms with E-state index >= 15 is 0 Å². The summed E-state index contributed by atoms with van der Waals surface area (Å²) in [4.78, 5) is 4.03. The highest BCUT2D eigenvalue weighted by Crippen LogP contribution is 2.35. The van der Waals surface area contributed by atoms with E-state index in [2.05, 4.69) is 16.6 Å². The first-order chi connectivity index (χ1) is 12.2. The molecule has 0 bridgehead atoms. The predicted octanol–water partition coefficient (Wildman–Crippen LogP) is 5.42. The average molecular weight is 345 g/mol. The van der Waals surface area contributed by atoms with Crippen molar-refractivity contribution in [2.75, 3.05) is 6.61 Å². The third-order valence-corrected chi connectivity index (χ3v) is 4.13. The van der Waals surface area contributed by atoms with E-state index in [9.17, 15) is 8.78 Å². The first-order valence-electron chi connectivity index (χ1n) is 8.48. The van der Waals surface area contributed by atoms with Crippen LogP contribution < -0.4 is 9.47 Å². The third-order valence-electron chi connectivity index (χ3n) is 4.13. The number of pyridine rings is 1. The fraction of sp³-hybridized carbons (Fsp3) is 0.350. The highest BCUT2D eigenvalue weighted by Gasteiger charge is 2.23. The number of benzene rings is 1. The summed E-state index contributed by atoms with van der Waals surface area (Å²) in [5.74, 6) is 0.975. The summed E-state index contributed by atoms with van der Waals surface area (Å²) in [5, 5.41) is 0. The Bertz CT molecular complexity index is 728. The Balaban J connectivity index is 1.86. The number of aromatic nitrogens is 1. The van der Waals surface area contributed by atoms with Gasteiger partial charge in [-0.15, -0.1) is 0 Å². The molecule has 1 fully saturated rings. The van der Waals surface area contributed by atoms with Crippen molar-refractivity contribution in [3.05, 3.63) is 53.9 Å². The minimum Gasteiger partial charge on any atom is -0.489 e. The largest absolute Gasteiger partial charge is 0.489 e. The Kier molecular flexibility index (Phi) is 5.64. The number of hydrogen-bond acceptors (Lipinski definition) is 3. The van der Waals surface area contributed by atoms with Crippen LogP contribution >= 0.6 is 0 Å². The van der Waals surface area contributed by atoms with E-state index in [1.165, 1.54) is 0 Å². The van der Waals surface area contributed by atoms with Crippen LogP contribution in [0.2, 0.25) is 0 Å². The lowest BCUT2D eigenvalue weighted by Gasteiger charge is -2.13. The van der Waals surface area contributed by atoms with E-state index in [1.807, 2.05) is 18.2 Å². The monoisotopic (exact) mass is 345 g/mol. The molecule has 0 atom stereocenters. The maximum atomic E-state index is 12.6. The van der Waals surface area contributed by atoms with Gasteiger partial charge in [-0.2, -0.15) is 8.78 Å². The van der Waals surface area contributed by atoms with Crippen molar-refractivity contribution in [3.63, 3.8) is 0 Å². The van der Waals surface area contributed by atoms with Crippen LogP contribution in [0.4, 0.5) is 8.78 Å². The Labute approximate surface area is 146 Å². The van der Waals surface area contributed by atoms with Crippen molar-refractivity contribution in [2.45, 2.75) is 32.8 Å². The molecule has 1 aromatic heterocycles. The standard InChI is InChI=1S/C20H21F2NO2/c1-2-16(17-7-9-23-10-8-17)11-15-5-6-18(25-20(21)22)19(12-15)24-13-14-3-4-14/h5-12,14,20H,2-4,13H2,1H3/b16-11+. The van der Waals surface area contributed by atoms with Gasteiger partial charge in [0.05, 0.1) is 6.61 Å². The van der Waals surface area contributed by atoms with Crippen LogP contribution in [-0.2, 0) is 0 Å². The van der Waals surface area contributed by atoms with Crippen LogP contribution in [-0.4, -0.2) is 18.2 Å². The van der Waals surface area contributed by atoms with Crippen LogP contribution in [0.1, 0.15) is 37.3 Å². The van der Waals surface area contributed by atoms with Crippen molar-refractivity contribution < 1.29 is 18.3 Å². The minimum absolute atomic E-state index is 0.0785. The van der Waals surface area contributed by atoms with Crippen LogP contribution in [0.25, 0.3) is 11.6 Å². The van der Waals surface area contributed by atoms with E-state index in [1.54, 1.807) is 30.6 Å². The normalized spacial score (nSPS) is 14.6. The molecule has 1 heterocycles. The fourth-order valence-electron chi connectivity index (χ4n) is 2.57. The average Bonchev–Trinajstić information content (AvgIpc) is 3.44. The van der Waals surface area contributed by atoms with Gasteiger partial charge >= 0.3 is 6.61 Å². The number of nitrogens with zero attached hydrogens (tertiary/aromatic N) is 1. The molecule has 1 saturated carbocycles.